The zero-order chi connectivity index (χ0) is 9.47. The molecule has 1 heterocycles. The molecule has 0 radical (unpaired) electrons. The van der Waals surface area contributed by atoms with Gasteiger partial charge in [-0.05, 0) is 25.7 Å². The lowest BCUT2D eigenvalue weighted by atomic mass is 9.87. The van der Waals surface area contributed by atoms with Gasteiger partial charge in [0.2, 0.25) is 0 Å². The molecular weight excluding hydrogens is 162 g/mol. The monoisotopic (exact) mass is 181 g/mol. The molecule has 13 heavy (non-hydrogen) atoms. The summed E-state index contributed by atoms with van der Waals surface area (Å²) < 4.78 is 0. The average molecular weight is 181 g/mol. The van der Waals surface area contributed by atoms with Crippen LogP contribution in [-0.2, 0) is 0 Å². The summed E-state index contributed by atoms with van der Waals surface area (Å²) in [5, 5.41) is 0. The van der Waals surface area contributed by atoms with Crippen LogP contribution in [0.25, 0.3) is 0 Å². The highest BCUT2D eigenvalue weighted by Crippen LogP contribution is 2.42. The van der Waals surface area contributed by atoms with E-state index in [9.17, 15) is 0 Å². The molecule has 0 aromatic rings. The number of nitrogens with two attached hydrogens (primary N) is 1. The van der Waals surface area contributed by atoms with E-state index in [4.69, 9.17) is 5.73 Å². The first kappa shape index (κ1) is 8.85. The molecule has 0 aromatic heterocycles. The lowest BCUT2D eigenvalue weighted by molar-refractivity contribution is 0.162. The first-order valence-corrected chi connectivity index (χ1v) is 5.28. The van der Waals surface area contributed by atoms with E-state index in [1.54, 1.807) is 0 Å². The third-order valence-corrected chi connectivity index (χ3v) is 3.81. The molecule has 2 unspecified atom stereocenters. The van der Waals surface area contributed by atoms with Crippen LogP contribution >= 0.6 is 0 Å². The molecule has 2 rings (SSSR count). The number of aliphatic imine (C=N–C) groups is 1. The van der Waals surface area contributed by atoms with Crippen LogP contribution in [0.3, 0.4) is 0 Å². The topological polar surface area (TPSA) is 41.6 Å². The summed E-state index contributed by atoms with van der Waals surface area (Å²) in [6.45, 7) is 6.43. The second-order valence-corrected chi connectivity index (χ2v) is 4.32. The van der Waals surface area contributed by atoms with Gasteiger partial charge in [0.25, 0.3) is 0 Å². The summed E-state index contributed by atoms with van der Waals surface area (Å²) in [6.07, 6.45) is 3.94. The summed E-state index contributed by atoms with van der Waals surface area (Å²) in [7, 11) is 0. The fourth-order valence-electron chi connectivity index (χ4n) is 2.96. The summed E-state index contributed by atoms with van der Waals surface area (Å²) in [4.78, 5) is 6.70. The fourth-order valence-corrected chi connectivity index (χ4v) is 2.96. The first-order valence-electron chi connectivity index (χ1n) is 5.28. The molecule has 0 amide bonds. The maximum atomic E-state index is 5.88. The number of rotatable bonds is 1. The maximum absolute atomic E-state index is 5.88. The third-order valence-electron chi connectivity index (χ3n) is 3.81. The number of nitrogens with zero attached hydrogens (tertiary/aromatic N) is 2. The van der Waals surface area contributed by atoms with Gasteiger partial charge in [0, 0.05) is 6.54 Å². The van der Waals surface area contributed by atoms with Gasteiger partial charge in [-0.3, -0.25) is 4.99 Å². The molecular formula is C10H19N3. The lowest BCUT2D eigenvalue weighted by Crippen LogP contribution is -2.53. The molecule has 2 aliphatic rings. The Bertz CT molecular complexity index is 236. The Labute approximate surface area is 80.0 Å². The molecule has 0 bridgehead atoms. The summed E-state index contributed by atoms with van der Waals surface area (Å²) in [5.74, 6) is 1.51. The van der Waals surface area contributed by atoms with E-state index in [1.807, 2.05) is 0 Å². The van der Waals surface area contributed by atoms with Crippen LogP contribution in [0.4, 0.5) is 0 Å². The molecule has 0 saturated heterocycles. The largest absolute Gasteiger partial charge is 0.370 e. The van der Waals surface area contributed by atoms with Crippen LogP contribution < -0.4 is 5.73 Å². The zero-order valence-electron chi connectivity index (χ0n) is 8.58. The van der Waals surface area contributed by atoms with Crippen LogP contribution in [0.1, 0.15) is 33.1 Å². The first-order chi connectivity index (χ1) is 6.20. The summed E-state index contributed by atoms with van der Waals surface area (Å²) >= 11 is 0. The zero-order valence-corrected chi connectivity index (χ0v) is 8.58. The molecule has 3 heteroatoms. The average Bonchev–Trinajstić information content (AvgIpc) is 2.61. The highest BCUT2D eigenvalue weighted by Gasteiger charge is 2.48. The third kappa shape index (κ3) is 1.06. The molecule has 1 fully saturated rings. The molecule has 1 saturated carbocycles. The van der Waals surface area contributed by atoms with Crippen LogP contribution in [-0.4, -0.2) is 29.5 Å². The van der Waals surface area contributed by atoms with Crippen molar-refractivity contribution in [3.63, 3.8) is 0 Å². The Balaban J connectivity index is 2.24. The molecule has 2 atom stereocenters. The molecule has 1 spiro atoms. The van der Waals surface area contributed by atoms with Crippen molar-refractivity contribution in [2.24, 2.45) is 16.6 Å². The minimum absolute atomic E-state index is 0.291. The Morgan fingerprint density at radius 2 is 2.46 bits per heavy atom. The van der Waals surface area contributed by atoms with Gasteiger partial charge >= 0.3 is 0 Å². The number of likely N-dealkylation sites (N-methyl/N-ethyl adjacent to an activating group) is 1. The van der Waals surface area contributed by atoms with Gasteiger partial charge in [0.1, 0.15) is 0 Å². The van der Waals surface area contributed by atoms with E-state index >= 15 is 0 Å². The van der Waals surface area contributed by atoms with Crippen molar-refractivity contribution in [2.75, 3.05) is 13.1 Å². The maximum Gasteiger partial charge on any atom is 0.191 e. The Morgan fingerprint density at radius 3 is 3.00 bits per heavy atom. The minimum Gasteiger partial charge on any atom is -0.370 e. The predicted octanol–water partition coefficient (Wildman–Crippen LogP) is 1.20. The fraction of sp³-hybridized carbons (Fsp3) is 0.900. The van der Waals surface area contributed by atoms with Crippen molar-refractivity contribution in [2.45, 2.75) is 38.6 Å². The van der Waals surface area contributed by atoms with Crippen molar-refractivity contribution in [3.8, 4) is 0 Å². The normalized spacial score (nSPS) is 38.8. The smallest absolute Gasteiger partial charge is 0.191 e. The van der Waals surface area contributed by atoms with Gasteiger partial charge < -0.3 is 10.6 Å². The van der Waals surface area contributed by atoms with Crippen LogP contribution in [0, 0.1) is 5.92 Å². The van der Waals surface area contributed by atoms with Gasteiger partial charge in [-0.15, -0.1) is 0 Å². The van der Waals surface area contributed by atoms with Crippen molar-refractivity contribution in [3.05, 3.63) is 0 Å². The molecule has 2 N–H and O–H groups in total. The number of hydrogen-bond acceptors (Lipinski definition) is 3. The van der Waals surface area contributed by atoms with Gasteiger partial charge in [-0.25, -0.2) is 0 Å². The highest BCUT2D eigenvalue weighted by atomic mass is 15.4. The molecule has 3 nitrogen and oxygen atoms in total. The van der Waals surface area contributed by atoms with Crippen molar-refractivity contribution < 1.29 is 0 Å². The second kappa shape index (κ2) is 2.89. The van der Waals surface area contributed by atoms with E-state index < -0.39 is 0 Å². The van der Waals surface area contributed by atoms with Gasteiger partial charge in [0.05, 0.1) is 12.1 Å². The molecule has 74 valence electrons. The van der Waals surface area contributed by atoms with Gasteiger partial charge in [-0.1, -0.05) is 13.3 Å². The van der Waals surface area contributed by atoms with E-state index in [0.717, 1.165) is 25.0 Å². The predicted molar refractivity (Wildman–Crippen MR) is 54.6 cm³/mol. The van der Waals surface area contributed by atoms with Crippen molar-refractivity contribution >= 4 is 5.96 Å². The second-order valence-electron chi connectivity index (χ2n) is 4.32. The van der Waals surface area contributed by atoms with E-state index in [-0.39, 0.29) is 0 Å². The minimum atomic E-state index is 0.291. The summed E-state index contributed by atoms with van der Waals surface area (Å²) in [5.41, 5.74) is 6.17. The Morgan fingerprint density at radius 1 is 1.69 bits per heavy atom. The van der Waals surface area contributed by atoms with E-state index in [1.165, 1.54) is 19.3 Å². The Hall–Kier alpha value is -0.730. The molecule has 1 aliphatic heterocycles. The van der Waals surface area contributed by atoms with Crippen LogP contribution in [0.15, 0.2) is 4.99 Å². The Kier molecular flexibility index (Phi) is 1.97. The quantitative estimate of drug-likeness (QED) is 0.660. The van der Waals surface area contributed by atoms with E-state index in [0.29, 0.717) is 5.54 Å². The standard InChI is InChI=1S/C10H19N3/c1-3-13-9(11)12-7-10(13)6-4-5-8(10)2/h8H,3-7H2,1-2H3,(H2,11,12). The number of hydrogen-bond donors (Lipinski definition) is 1. The van der Waals surface area contributed by atoms with Crippen molar-refractivity contribution in [1.82, 2.24) is 4.90 Å². The van der Waals surface area contributed by atoms with Gasteiger partial charge in [0.15, 0.2) is 5.96 Å². The van der Waals surface area contributed by atoms with Crippen LogP contribution in [0.2, 0.25) is 0 Å². The van der Waals surface area contributed by atoms with E-state index in [2.05, 4.69) is 23.7 Å². The summed E-state index contributed by atoms with van der Waals surface area (Å²) in [6, 6.07) is 0. The van der Waals surface area contributed by atoms with Gasteiger partial charge in [-0.2, -0.15) is 0 Å². The van der Waals surface area contributed by atoms with Crippen molar-refractivity contribution in [1.29, 1.82) is 0 Å². The molecule has 0 aromatic carbocycles. The molecule has 1 aliphatic carbocycles. The lowest BCUT2D eigenvalue weighted by Gasteiger charge is -2.39. The highest BCUT2D eigenvalue weighted by molar-refractivity contribution is 5.81. The van der Waals surface area contributed by atoms with Crippen LogP contribution in [0.5, 0.6) is 0 Å². The number of guanidine groups is 1. The SMILES string of the molecule is CCN1C(N)=NCC12CCCC2C.